The molecule has 0 unspecified atom stereocenters. The van der Waals surface area contributed by atoms with Gasteiger partial charge in [-0.15, -0.1) is 0 Å². The van der Waals surface area contributed by atoms with Crippen LogP contribution in [0.25, 0.3) is 0 Å². The van der Waals surface area contributed by atoms with Gasteiger partial charge in [-0.3, -0.25) is 4.79 Å². The Morgan fingerprint density at radius 3 is 2.12 bits per heavy atom. The Hall–Kier alpha value is -1.11. The Bertz CT molecular complexity index is 474. The minimum Gasteiger partial charge on any atom is -0.299 e. The quantitative estimate of drug-likeness (QED) is 0.716. The predicted octanol–water partition coefficient (Wildman–Crippen LogP) is 3.72. The maximum atomic E-state index is 12.4. The van der Waals surface area contributed by atoms with E-state index in [9.17, 15) is 4.79 Å². The van der Waals surface area contributed by atoms with Crippen molar-refractivity contribution in [1.29, 1.82) is 0 Å². The van der Waals surface area contributed by atoms with Crippen molar-refractivity contribution in [2.45, 2.75) is 45.4 Å². The van der Waals surface area contributed by atoms with Crippen LogP contribution >= 0.6 is 0 Å². The van der Waals surface area contributed by atoms with E-state index in [4.69, 9.17) is 0 Å². The van der Waals surface area contributed by atoms with Crippen LogP contribution in [0, 0.1) is 10.8 Å². The summed E-state index contributed by atoms with van der Waals surface area (Å²) in [6.45, 7) is 6.75. The van der Waals surface area contributed by atoms with Crippen LogP contribution in [0.5, 0.6) is 0 Å². The second-order valence-corrected chi connectivity index (χ2v) is 6.51. The number of hydrogen-bond acceptors (Lipinski definition) is 1. The molecule has 2 saturated carbocycles. The minimum atomic E-state index is -0.108. The lowest BCUT2D eigenvalue weighted by Crippen LogP contribution is -2.38. The number of carbonyl (C=O) groups excluding carboxylic acids is 1. The van der Waals surface area contributed by atoms with E-state index in [0.717, 1.165) is 19.3 Å². The number of fused-ring (bicyclic) bond motifs is 2. The van der Waals surface area contributed by atoms with Gasteiger partial charge in [0, 0.05) is 17.3 Å². The average molecular weight is 228 g/mol. The second-order valence-electron chi connectivity index (χ2n) is 6.51. The molecule has 1 aromatic carbocycles. The molecule has 0 spiro atoms. The molecule has 2 aliphatic carbocycles. The standard InChI is InChI=1S/C16H20O/c1-14(2)15(3)9-10-16(14,11-13(15)17)12-7-5-4-6-8-12/h4-8H,9-11H2,1-3H3/t15-,16-/m0/s1. The van der Waals surface area contributed by atoms with E-state index in [1.807, 2.05) is 0 Å². The molecule has 2 aliphatic rings. The highest BCUT2D eigenvalue weighted by atomic mass is 16.1. The molecule has 0 heterocycles. The summed E-state index contributed by atoms with van der Waals surface area (Å²) in [6.07, 6.45) is 2.94. The smallest absolute Gasteiger partial charge is 0.140 e. The second kappa shape index (κ2) is 3.01. The molecule has 90 valence electrons. The van der Waals surface area contributed by atoms with E-state index < -0.39 is 0 Å². The Labute approximate surface area is 103 Å². The number of rotatable bonds is 1. The van der Waals surface area contributed by atoms with Crippen LogP contribution in [-0.4, -0.2) is 5.78 Å². The van der Waals surface area contributed by atoms with Crippen LogP contribution < -0.4 is 0 Å². The first kappa shape index (κ1) is 11.0. The third-order valence-corrected chi connectivity index (χ3v) is 6.03. The van der Waals surface area contributed by atoms with Crippen molar-refractivity contribution in [2.75, 3.05) is 0 Å². The van der Waals surface area contributed by atoms with Crippen molar-refractivity contribution in [2.24, 2.45) is 10.8 Å². The van der Waals surface area contributed by atoms with Gasteiger partial charge in [0.1, 0.15) is 5.78 Å². The Morgan fingerprint density at radius 2 is 1.65 bits per heavy atom. The van der Waals surface area contributed by atoms with Crippen LogP contribution in [0.4, 0.5) is 0 Å². The topological polar surface area (TPSA) is 17.1 Å². The fourth-order valence-corrected chi connectivity index (χ4v) is 4.25. The molecule has 0 radical (unpaired) electrons. The van der Waals surface area contributed by atoms with Gasteiger partial charge in [-0.05, 0) is 23.8 Å². The average Bonchev–Trinajstić information content (AvgIpc) is 2.61. The minimum absolute atomic E-state index is 0.0818. The summed E-state index contributed by atoms with van der Waals surface area (Å²) < 4.78 is 0. The van der Waals surface area contributed by atoms with E-state index >= 15 is 0 Å². The molecule has 2 fully saturated rings. The molecule has 1 nitrogen and oxygen atoms in total. The first-order valence-electron chi connectivity index (χ1n) is 6.53. The van der Waals surface area contributed by atoms with Gasteiger partial charge in [-0.1, -0.05) is 51.1 Å². The highest BCUT2D eigenvalue weighted by Gasteiger charge is 2.69. The van der Waals surface area contributed by atoms with Crippen LogP contribution in [0.1, 0.15) is 45.6 Å². The highest BCUT2D eigenvalue weighted by Crippen LogP contribution is 2.70. The van der Waals surface area contributed by atoms with Crippen molar-refractivity contribution in [3.05, 3.63) is 35.9 Å². The number of Topliss-reactive ketones (excluding diaryl/α,β-unsaturated/α-hetero) is 1. The Morgan fingerprint density at radius 1 is 1.00 bits per heavy atom. The van der Waals surface area contributed by atoms with Crippen LogP contribution in [-0.2, 0) is 10.2 Å². The van der Waals surface area contributed by atoms with Crippen molar-refractivity contribution < 1.29 is 4.79 Å². The van der Waals surface area contributed by atoms with E-state index in [1.54, 1.807) is 0 Å². The summed E-state index contributed by atoms with van der Waals surface area (Å²) in [7, 11) is 0. The molecule has 0 aliphatic heterocycles. The summed E-state index contributed by atoms with van der Waals surface area (Å²) in [5.41, 5.74) is 1.42. The monoisotopic (exact) mass is 228 g/mol. The molecule has 17 heavy (non-hydrogen) atoms. The first-order chi connectivity index (χ1) is 7.94. The maximum Gasteiger partial charge on any atom is 0.140 e. The molecule has 2 atom stereocenters. The van der Waals surface area contributed by atoms with Crippen LogP contribution in [0.2, 0.25) is 0 Å². The largest absolute Gasteiger partial charge is 0.299 e. The summed E-state index contributed by atoms with van der Waals surface area (Å²) in [6, 6.07) is 10.6. The van der Waals surface area contributed by atoms with Crippen molar-refractivity contribution in [3.63, 3.8) is 0 Å². The molecule has 0 N–H and O–H groups in total. The van der Waals surface area contributed by atoms with Crippen LogP contribution in [0.3, 0.4) is 0 Å². The molecule has 0 amide bonds. The van der Waals surface area contributed by atoms with Gasteiger partial charge in [0.25, 0.3) is 0 Å². The zero-order valence-electron chi connectivity index (χ0n) is 10.9. The fraction of sp³-hybridized carbons (Fsp3) is 0.562. The van der Waals surface area contributed by atoms with Crippen molar-refractivity contribution in [3.8, 4) is 0 Å². The summed E-state index contributed by atoms with van der Waals surface area (Å²) in [5, 5.41) is 0. The number of carbonyl (C=O) groups is 1. The van der Waals surface area contributed by atoms with Gasteiger partial charge in [-0.25, -0.2) is 0 Å². The van der Waals surface area contributed by atoms with Crippen molar-refractivity contribution in [1.82, 2.24) is 0 Å². The molecular weight excluding hydrogens is 208 g/mol. The summed E-state index contributed by atoms with van der Waals surface area (Å²) >= 11 is 0. The summed E-state index contributed by atoms with van der Waals surface area (Å²) in [5.74, 6) is 0.470. The maximum absolute atomic E-state index is 12.4. The molecular formula is C16H20O. The molecule has 3 rings (SSSR count). The van der Waals surface area contributed by atoms with Crippen molar-refractivity contribution >= 4 is 5.78 Å². The van der Waals surface area contributed by atoms with Gasteiger partial charge in [0.2, 0.25) is 0 Å². The van der Waals surface area contributed by atoms with Crippen LogP contribution in [0.15, 0.2) is 30.3 Å². The normalized spacial score (nSPS) is 38.6. The zero-order valence-corrected chi connectivity index (χ0v) is 10.9. The highest BCUT2D eigenvalue weighted by molar-refractivity contribution is 5.91. The summed E-state index contributed by atoms with van der Waals surface area (Å²) in [4.78, 5) is 12.4. The lowest BCUT2D eigenvalue weighted by atomic mass is 9.62. The van der Waals surface area contributed by atoms with Gasteiger partial charge in [0.15, 0.2) is 0 Å². The lowest BCUT2D eigenvalue weighted by molar-refractivity contribution is -0.128. The number of hydrogen-bond donors (Lipinski definition) is 0. The third-order valence-electron chi connectivity index (χ3n) is 6.03. The van der Waals surface area contributed by atoms with Gasteiger partial charge < -0.3 is 0 Å². The molecule has 1 aromatic rings. The molecule has 0 aromatic heterocycles. The van der Waals surface area contributed by atoms with E-state index in [-0.39, 0.29) is 16.2 Å². The Kier molecular flexibility index (Phi) is 1.95. The molecule has 2 bridgehead atoms. The van der Waals surface area contributed by atoms with Gasteiger partial charge >= 0.3 is 0 Å². The number of ketones is 1. The number of benzene rings is 1. The van der Waals surface area contributed by atoms with Gasteiger partial charge in [-0.2, -0.15) is 0 Å². The predicted molar refractivity (Wildman–Crippen MR) is 68.9 cm³/mol. The fourth-order valence-electron chi connectivity index (χ4n) is 4.25. The third kappa shape index (κ3) is 1.04. The molecule has 0 saturated heterocycles. The van der Waals surface area contributed by atoms with E-state index in [1.165, 1.54) is 5.56 Å². The molecule has 1 heteroatoms. The Balaban J connectivity index is 2.20. The van der Waals surface area contributed by atoms with E-state index in [0.29, 0.717) is 5.78 Å². The zero-order chi connectivity index (χ0) is 12.3. The van der Waals surface area contributed by atoms with E-state index in [2.05, 4.69) is 51.1 Å². The SMILES string of the molecule is CC1(C)[C@@]2(c3ccccc3)CC[C@@]1(C)C(=O)C2. The van der Waals surface area contributed by atoms with Gasteiger partial charge in [0.05, 0.1) is 0 Å². The first-order valence-corrected chi connectivity index (χ1v) is 6.53. The lowest BCUT2D eigenvalue weighted by Gasteiger charge is -2.40.